The highest BCUT2D eigenvalue weighted by Gasteiger charge is 2.32. The van der Waals surface area contributed by atoms with Crippen molar-refractivity contribution in [2.45, 2.75) is 64.0 Å². The van der Waals surface area contributed by atoms with Crippen LogP contribution in [0.2, 0.25) is 0 Å². The lowest BCUT2D eigenvalue weighted by atomic mass is 9.97. The predicted octanol–water partition coefficient (Wildman–Crippen LogP) is 5.64. The van der Waals surface area contributed by atoms with E-state index in [1.807, 2.05) is 135 Å². The maximum absolute atomic E-state index is 14.3. The number of nitrogens with two attached hydrogens (primary N) is 1. The van der Waals surface area contributed by atoms with E-state index in [1.54, 1.807) is 0 Å². The van der Waals surface area contributed by atoms with Gasteiger partial charge in [0.25, 0.3) is 0 Å². The number of nitrogens with one attached hydrogen (secondary N) is 3. The molecule has 52 heavy (non-hydrogen) atoms. The minimum absolute atomic E-state index is 0.0188. The molecular weight excluding hydrogens is 675 g/mol. The Labute approximate surface area is 306 Å². The third-order valence-electron chi connectivity index (χ3n) is 8.60. The highest BCUT2D eigenvalue weighted by Crippen LogP contribution is 2.33. The number of rotatable bonds is 19. The fourth-order valence-corrected chi connectivity index (χ4v) is 7.72. The number of hydrogen-bond acceptors (Lipinski definition) is 6. The van der Waals surface area contributed by atoms with Crippen LogP contribution in [0.4, 0.5) is 4.79 Å². The van der Waals surface area contributed by atoms with E-state index >= 15 is 0 Å². The topological polar surface area (TPSA) is 157 Å². The first kappa shape index (κ1) is 39.6. The molecule has 4 amide bonds. The van der Waals surface area contributed by atoms with Crippen LogP contribution in [-0.4, -0.2) is 47.8 Å². The number of hydrogen-bond donors (Lipinski definition) is 4. The molecule has 0 fully saturated rings. The zero-order valence-electron chi connectivity index (χ0n) is 29.7. The quantitative estimate of drug-likeness (QED) is 0.0917. The summed E-state index contributed by atoms with van der Waals surface area (Å²) in [5, 5.41) is 8.48. The Morgan fingerprint density at radius 1 is 0.615 bits per heavy atom. The van der Waals surface area contributed by atoms with E-state index in [-0.39, 0.29) is 37.9 Å². The molecule has 0 bridgehead atoms. The standard InChI is InChI=1S/C41H49N4O6P/c1-29(2)23-36(40(48)43-35(38(42)46)25-31-17-9-4-10-18-31)44-39(47)34(24-30-15-7-3-8-16-30)28-52(50)37(26-32-19-11-5-12-20-32)45-41(49)51-27-33-21-13-6-14-22-33/h3-22,29,34-37,52H,23-28H2,1-2H3,(H2,42,46)(H,43,48)(H,44,47)(H,45,49)/t34-,35-,36-,37-/m0/s1. The SMILES string of the molecule is CC(C)C[C@H](NC(=O)[C@@H](Cc1ccccc1)C[PH](=O)[C@@H](Cc1ccccc1)NC(=O)OCc1ccccc1)C(=O)N[C@@H](Cc1ccccc1)C(N)=O. The second kappa shape index (κ2) is 20.6. The van der Waals surface area contributed by atoms with Crippen LogP contribution in [0.3, 0.4) is 0 Å². The Morgan fingerprint density at radius 2 is 1.08 bits per heavy atom. The molecule has 4 aromatic carbocycles. The molecule has 0 spiro atoms. The molecule has 0 heterocycles. The normalized spacial score (nSPS) is 13.9. The summed E-state index contributed by atoms with van der Waals surface area (Å²) in [6.07, 6.45) is 0.288. The van der Waals surface area contributed by atoms with E-state index in [4.69, 9.17) is 10.5 Å². The van der Waals surface area contributed by atoms with Crippen molar-refractivity contribution in [3.05, 3.63) is 144 Å². The lowest BCUT2D eigenvalue weighted by Crippen LogP contribution is -2.55. The predicted molar refractivity (Wildman–Crippen MR) is 204 cm³/mol. The van der Waals surface area contributed by atoms with Crippen molar-refractivity contribution in [3.63, 3.8) is 0 Å². The molecule has 1 unspecified atom stereocenters. The molecule has 0 saturated heterocycles. The van der Waals surface area contributed by atoms with Crippen molar-refractivity contribution >= 4 is 31.6 Å². The number of amides is 4. The Balaban J connectivity index is 1.53. The van der Waals surface area contributed by atoms with Crippen LogP contribution >= 0.6 is 7.80 Å². The molecule has 0 aliphatic rings. The second-order valence-electron chi connectivity index (χ2n) is 13.3. The van der Waals surface area contributed by atoms with Gasteiger partial charge in [0, 0.05) is 18.5 Å². The fourth-order valence-electron chi connectivity index (χ4n) is 5.88. The average Bonchev–Trinajstić information content (AvgIpc) is 3.14. The van der Waals surface area contributed by atoms with Gasteiger partial charge in [-0.3, -0.25) is 14.4 Å². The third kappa shape index (κ3) is 13.5. The number of ether oxygens (including phenoxy) is 1. The van der Waals surface area contributed by atoms with Crippen molar-refractivity contribution in [1.82, 2.24) is 16.0 Å². The molecule has 11 heteroatoms. The summed E-state index contributed by atoms with van der Waals surface area (Å²) in [5.41, 5.74) is 9.04. The molecule has 0 radical (unpaired) electrons. The van der Waals surface area contributed by atoms with Crippen LogP contribution in [0.15, 0.2) is 121 Å². The highest BCUT2D eigenvalue weighted by atomic mass is 31.1. The average molecular weight is 725 g/mol. The van der Waals surface area contributed by atoms with Gasteiger partial charge in [0.05, 0.1) is 13.6 Å². The fraction of sp³-hybridized carbons (Fsp3) is 0.317. The van der Waals surface area contributed by atoms with Crippen LogP contribution in [0.1, 0.15) is 42.5 Å². The lowest BCUT2D eigenvalue weighted by Gasteiger charge is -2.26. The number of benzene rings is 4. The Bertz CT molecular complexity index is 1740. The van der Waals surface area contributed by atoms with Crippen LogP contribution in [-0.2, 0) is 49.6 Å². The first-order valence-electron chi connectivity index (χ1n) is 17.6. The van der Waals surface area contributed by atoms with Crippen molar-refractivity contribution in [2.24, 2.45) is 17.6 Å². The molecule has 5 N–H and O–H groups in total. The molecule has 10 nitrogen and oxygen atoms in total. The monoisotopic (exact) mass is 724 g/mol. The van der Waals surface area contributed by atoms with E-state index in [2.05, 4.69) is 16.0 Å². The summed E-state index contributed by atoms with van der Waals surface area (Å²) in [6.45, 7) is 3.91. The molecule has 0 saturated carbocycles. The van der Waals surface area contributed by atoms with Gasteiger partial charge in [-0.1, -0.05) is 135 Å². The summed E-state index contributed by atoms with van der Waals surface area (Å²) in [4.78, 5) is 53.2. The van der Waals surface area contributed by atoms with Gasteiger partial charge in [0.1, 0.15) is 18.7 Å². The summed E-state index contributed by atoms with van der Waals surface area (Å²) < 4.78 is 19.7. The Morgan fingerprint density at radius 3 is 1.58 bits per heavy atom. The van der Waals surface area contributed by atoms with E-state index in [9.17, 15) is 23.7 Å². The van der Waals surface area contributed by atoms with Gasteiger partial charge in [0.15, 0.2) is 0 Å². The van der Waals surface area contributed by atoms with Gasteiger partial charge in [-0.15, -0.1) is 0 Å². The molecule has 274 valence electrons. The molecular formula is C41H49N4O6P. The number of carbonyl (C=O) groups is 4. The van der Waals surface area contributed by atoms with Gasteiger partial charge < -0.3 is 31.0 Å². The lowest BCUT2D eigenvalue weighted by molar-refractivity contribution is -0.132. The number of primary amides is 1. The third-order valence-corrected chi connectivity index (χ3v) is 10.6. The summed E-state index contributed by atoms with van der Waals surface area (Å²) >= 11 is 0. The number of carbonyl (C=O) groups excluding carboxylic acids is 4. The maximum Gasteiger partial charge on any atom is 0.408 e. The van der Waals surface area contributed by atoms with Gasteiger partial charge >= 0.3 is 6.09 Å². The summed E-state index contributed by atoms with van der Waals surface area (Å²) in [5.74, 6) is -3.25. The Hall–Kier alpha value is -5.21. The highest BCUT2D eigenvalue weighted by molar-refractivity contribution is 7.45. The largest absolute Gasteiger partial charge is 0.445 e. The smallest absolute Gasteiger partial charge is 0.408 e. The zero-order valence-corrected chi connectivity index (χ0v) is 30.7. The first-order valence-corrected chi connectivity index (χ1v) is 19.3. The summed E-state index contributed by atoms with van der Waals surface area (Å²) in [7, 11) is -2.69. The molecule has 0 aliphatic carbocycles. The van der Waals surface area contributed by atoms with E-state index in [1.165, 1.54) is 0 Å². The second-order valence-corrected chi connectivity index (χ2v) is 15.4. The van der Waals surface area contributed by atoms with Crippen molar-refractivity contribution in [1.29, 1.82) is 0 Å². The van der Waals surface area contributed by atoms with Crippen LogP contribution < -0.4 is 21.7 Å². The molecule has 5 atom stereocenters. The van der Waals surface area contributed by atoms with Gasteiger partial charge in [-0.05, 0) is 47.4 Å². The zero-order chi connectivity index (χ0) is 37.3. The van der Waals surface area contributed by atoms with Crippen LogP contribution in [0.25, 0.3) is 0 Å². The van der Waals surface area contributed by atoms with Crippen molar-refractivity contribution in [2.75, 3.05) is 6.16 Å². The number of alkyl carbamates (subject to hydrolysis) is 1. The van der Waals surface area contributed by atoms with E-state index in [0.717, 1.165) is 22.3 Å². The summed E-state index contributed by atoms with van der Waals surface area (Å²) in [6, 6.07) is 35.3. The van der Waals surface area contributed by atoms with Crippen molar-refractivity contribution in [3.8, 4) is 0 Å². The van der Waals surface area contributed by atoms with Crippen LogP contribution in [0.5, 0.6) is 0 Å². The van der Waals surface area contributed by atoms with E-state index < -0.39 is 55.4 Å². The minimum Gasteiger partial charge on any atom is -0.445 e. The van der Waals surface area contributed by atoms with Gasteiger partial charge in [0.2, 0.25) is 17.7 Å². The van der Waals surface area contributed by atoms with Gasteiger partial charge in [-0.25, -0.2) is 4.79 Å². The molecule has 0 aromatic heterocycles. The first-order chi connectivity index (χ1) is 25.1. The maximum atomic E-state index is 14.3. The van der Waals surface area contributed by atoms with E-state index in [0.29, 0.717) is 6.42 Å². The minimum atomic E-state index is -2.69. The van der Waals surface area contributed by atoms with Gasteiger partial charge in [-0.2, -0.15) is 0 Å². The van der Waals surface area contributed by atoms with Crippen molar-refractivity contribution < 1.29 is 28.5 Å². The molecule has 4 aromatic rings. The van der Waals surface area contributed by atoms with Crippen LogP contribution in [0, 0.1) is 11.8 Å². The molecule has 4 rings (SSSR count). The Kier molecular flexibility index (Phi) is 15.7. The molecule has 0 aliphatic heterocycles.